The summed E-state index contributed by atoms with van der Waals surface area (Å²) in [5.74, 6) is -0.140. The number of carbonyl (C=O) groups is 1. The Balaban J connectivity index is 0.00000147. The summed E-state index contributed by atoms with van der Waals surface area (Å²) in [6, 6.07) is 4.00. The fourth-order valence-electron chi connectivity index (χ4n) is 1.79. The van der Waals surface area contributed by atoms with Crippen LogP contribution in [0.1, 0.15) is 0 Å². The van der Waals surface area contributed by atoms with Crippen molar-refractivity contribution in [2.45, 2.75) is 6.10 Å². The molecular formula is C12H14ClN3O2S2. The summed E-state index contributed by atoms with van der Waals surface area (Å²) in [6.45, 7) is 1.91. The van der Waals surface area contributed by atoms with Gasteiger partial charge >= 0.3 is 0 Å². The molecule has 2 aromatic rings. The van der Waals surface area contributed by atoms with Crippen molar-refractivity contribution in [2.75, 3.05) is 25.0 Å². The third kappa shape index (κ3) is 3.56. The van der Waals surface area contributed by atoms with Crippen LogP contribution in [0.15, 0.2) is 22.9 Å². The highest BCUT2D eigenvalue weighted by Gasteiger charge is 2.22. The lowest BCUT2D eigenvalue weighted by atomic mass is 10.3. The molecule has 3 heterocycles. The highest BCUT2D eigenvalue weighted by atomic mass is 35.5. The van der Waals surface area contributed by atoms with Crippen LogP contribution in [0, 0.1) is 0 Å². The number of halogens is 1. The molecule has 20 heavy (non-hydrogen) atoms. The fourth-order valence-corrected chi connectivity index (χ4v) is 3.26. The number of hydrogen-bond acceptors (Lipinski definition) is 6. The van der Waals surface area contributed by atoms with Crippen molar-refractivity contribution in [1.82, 2.24) is 10.3 Å². The van der Waals surface area contributed by atoms with Crippen LogP contribution in [0.3, 0.4) is 0 Å². The Labute approximate surface area is 130 Å². The highest BCUT2D eigenvalue weighted by Crippen LogP contribution is 2.28. The van der Waals surface area contributed by atoms with Gasteiger partial charge in [-0.25, -0.2) is 4.98 Å². The van der Waals surface area contributed by atoms with E-state index in [0.717, 1.165) is 17.1 Å². The first kappa shape index (κ1) is 15.4. The van der Waals surface area contributed by atoms with E-state index in [1.165, 1.54) is 11.3 Å². The maximum Gasteiger partial charge on any atom is 0.256 e. The zero-order chi connectivity index (χ0) is 13.1. The second-order valence-electron chi connectivity index (χ2n) is 4.07. The fraction of sp³-hybridized carbons (Fsp3) is 0.333. The van der Waals surface area contributed by atoms with E-state index < -0.39 is 6.10 Å². The smallest absolute Gasteiger partial charge is 0.256 e. The Bertz CT molecular complexity index is 553. The second-order valence-corrected chi connectivity index (χ2v) is 5.87. The molecule has 0 unspecified atom stereocenters. The highest BCUT2D eigenvalue weighted by molar-refractivity contribution is 7.16. The van der Waals surface area contributed by atoms with Crippen LogP contribution in [-0.4, -0.2) is 36.7 Å². The molecule has 1 fully saturated rings. The summed E-state index contributed by atoms with van der Waals surface area (Å²) in [4.78, 5) is 17.5. The van der Waals surface area contributed by atoms with E-state index in [4.69, 9.17) is 4.74 Å². The van der Waals surface area contributed by atoms with Gasteiger partial charge in [0.05, 0.1) is 17.2 Å². The molecule has 2 aromatic heterocycles. The Morgan fingerprint density at radius 2 is 2.40 bits per heavy atom. The summed E-state index contributed by atoms with van der Waals surface area (Å²) < 4.78 is 5.40. The quantitative estimate of drug-likeness (QED) is 0.905. The molecule has 0 bridgehead atoms. The lowest BCUT2D eigenvalue weighted by Gasteiger charge is -2.22. The van der Waals surface area contributed by atoms with Gasteiger partial charge < -0.3 is 10.1 Å². The van der Waals surface area contributed by atoms with E-state index >= 15 is 0 Å². The number of nitrogens with zero attached hydrogens (tertiary/aromatic N) is 1. The van der Waals surface area contributed by atoms with Crippen molar-refractivity contribution >= 4 is 46.1 Å². The molecule has 1 saturated heterocycles. The molecule has 1 aliphatic rings. The van der Waals surface area contributed by atoms with Gasteiger partial charge in [-0.05, 0) is 11.4 Å². The van der Waals surface area contributed by atoms with E-state index in [1.54, 1.807) is 11.3 Å². The lowest BCUT2D eigenvalue weighted by Crippen LogP contribution is -2.45. The number of aromatic nitrogens is 1. The molecule has 0 aliphatic carbocycles. The van der Waals surface area contributed by atoms with Gasteiger partial charge in [-0.2, -0.15) is 0 Å². The molecule has 2 N–H and O–H groups in total. The molecule has 1 aliphatic heterocycles. The van der Waals surface area contributed by atoms with Crippen LogP contribution in [0.4, 0.5) is 5.13 Å². The minimum atomic E-state index is -0.428. The Hall–Kier alpha value is -0.990. The number of carbonyl (C=O) groups excluding carboxylic acids is 1. The average Bonchev–Trinajstić information content (AvgIpc) is 3.10. The van der Waals surface area contributed by atoms with Crippen LogP contribution in [0.5, 0.6) is 0 Å². The van der Waals surface area contributed by atoms with Gasteiger partial charge in [0.1, 0.15) is 6.10 Å². The zero-order valence-corrected chi connectivity index (χ0v) is 12.9. The van der Waals surface area contributed by atoms with Crippen molar-refractivity contribution in [3.63, 3.8) is 0 Å². The molecule has 1 amide bonds. The van der Waals surface area contributed by atoms with Gasteiger partial charge in [0.25, 0.3) is 5.91 Å². The lowest BCUT2D eigenvalue weighted by molar-refractivity contribution is -0.128. The van der Waals surface area contributed by atoms with E-state index in [2.05, 4.69) is 15.6 Å². The second kappa shape index (κ2) is 7.14. The monoisotopic (exact) mass is 331 g/mol. The van der Waals surface area contributed by atoms with Gasteiger partial charge in [-0.3, -0.25) is 10.1 Å². The number of morpholine rings is 1. The van der Waals surface area contributed by atoms with E-state index in [9.17, 15) is 4.79 Å². The van der Waals surface area contributed by atoms with E-state index in [1.807, 2.05) is 22.9 Å². The first-order valence-electron chi connectivity index (χ1n) is 5.95. The maximum atomic E-state index is 12.0. The number of thiazole rings is 1. The molecule has 108 valence electrons. The minimum absolute atomic E-state index is 0. The minimum Gasteiger partial charge on any atom is -0.366 e. The summed E-state index contributed by atoms with van der Waals surface area (Å²) in [5, 5.41) is 10.5. The Kier molecular flexibility index (Phi) is 5.50. The Morgan fingerprint density at radius 1 is 1.50 bits per heavy atom. The van der Waals surface area contributed by atoms with Crippen molar-refractivity contribution < 1.29 is 9.53 Å². The van der Waals surface area contributed by atoms with Gasteiger partial charge in [0, 0.05) is 18.5 Å². The average molecular weight is 332 g/mol. The summed E-state index contributed by atoms with van der Waals surface area (Å²) in [6.07, 6.45) is -0.428. The third-order valence-corrected chi connectivity index (χ3v) is 4.38. The number of ether oxygens (including phenoxy) is 1. The van der Waals surface area contributed by atoms with Crippen LogP contribution in [0.2, 0.25) is 0 Å². The molecule has 0 radical (unpaired) electrons. The number of anilines is 1. The van der Waals surface area contributed by atoms with Crippen LogP contribution in [0.25, 0.3) is 10.6 Å². The summed E-state index contributed by atoms with van der Waals surface area (Å²) in [5.41, 5.74) is 0.901. The van der Waals surface area contributed by atoms with Crippen molar-refractivity contribution in [2.24, 2.45) is 0 Å². The van der Waals surface area contributed by atoms with Crippen molar-refractivity contribution in [1.29, 1.82) is 0 Å². The molecule has 8 heteroatoms. The van der Waals surface area contributed by atoms with Gasteiger partial charge in [-0.15, -0.1) is 35.1 Å². The molecule has 0 spiro atoms. The van der Waals surface area contributed by atoms with Crippen molar-refractivity contribution in [3.8, 4) is 10.6 Å². The molecule has 0 aromatic carbocycles. The first-order chi connectivity index (χ1) is 9.33. The zero-order valence-electron chi connectivity index (χ0n) is 10.5. The predicted molar refractivity (Wildman–Crippen MR) is 83.9 cm³/mol. The molecule has 5 nitrogen and oxygen atoms in total. The van der Waals surface area contributed by atoms with Crippen LogP contribution in [-0.2, 0) is 9.53 Å². The Morgan fingerprint density at radius 3 is 3.10 bits per heavy atom. The van der Waals surface area contributed by atoms with Crippen LogP contribution < -0.4 is 10.6 Å². The number of rotatable bonds is 3. The number of amides is 1. The maximum absolute atomic E-state index is 12.0. The first-order valence-corrected chi connectivity index (χ1v) is 7.71. The van der Waals surface area contributed by atoms with Gasteiger partial charge in [0.15, 0.2) is 5.13 Å². The molecular weight excluding hydrogens is 318 g/mol. The van der Waals surface area contributed by atoms with Gasteiger partial charge in [-0.1, -0.05) is 6.07 Å². The van der Waals surface area contributed by atoms with E-state index in [0.29, 0.717) is 18.3 Å². The van der Waals surface area contributed by atoms with Crippen LogP contribution >= 0.6 is 35.1 Å². The molecule has 1 atom stereocenters. The molecule has 3 rings (SSSR count). The summed E-state index contributed by atoms with van der Waals surface area (Å²) >= 11 is 3.06. The number of thiophene rings is 1. The SMILES string of the molecule is Cl.O=C(Nc1nc(-c2cccs2)cs1)[C@H]1CNCCO1. The topological polar surface area (TPSA) is 63.2 Å². The van der Waals surface area contributed by atoms with E-state index in [-0.39, 0.29) is 18.3 Å². The normalized spacial score (nSPS) is 18.3. The van der Waals surface area contributed by atoms with Crippen molar-refractivity contribution in [3.05, 3.63) is 22.9 Å². The largest absolute Gasteiger partial charge is 0.366 e. The summed E-state index contributed by atoms with van der Waals surface area (Å²) in [7, 11) is 0. The standard InChI is InChI=1S/C12H13N3O2S2.ClH/c16-11(9-6-13-3-4-17-9)15-12-14-8(7-19-12)10-2-1-5-18-10;/h1-2,5,7,9,13H,3-4,6H2,(H,14,15,16);1H/t9-;/m1./s1. The number of nitrogens with one attached hydrogen (secondary N) is 2. The predicted octanol–water partition coefficient (Wildman–Crippen LogP) is 2.22. The number of hydrogen-bond donors (Lipinski definition) is 2. The molecule has 0 saturated carbocycles. The third-order valence-electron chi connectivity index (χ3n) is 2.73. The van der Waals surface area contributed by atoms with Gasteiger partial charge in [0.2, 0.25) is 0 Å².